The zero-order chi connectivity index (χ0) is 14.1. The van der Waals surface area contributed by atoms with Crippen molar-refractivity contribution in [2.45, 2.75) is 0 Å². The number of hydrogen-bond donors (Lipinski definition) is 1. The lowest BCUT2D eigenvalue weighted by molar-refractivity contribution is 0.0692. The summed E-state index contributed by atoms with van der Waals surface area (Å²) in [4.78, 5) is 15.2. The highest BCUT2D eigenvalue weighted by Crippen LogP contribution is 2.27. The molecule has 3 rings (SSSR count). The molecule has 0 spiro atoms. The molecule has 1 aromatic heterocycles. The molecule has 4 heteroatoms. The molecule has 3 aromatic rings. The maximum Gasteiger partial charge on any atom is 0.338 e. The normalized spacial score (nSPS) is 10.7. The van der Waals surface area contributed by atoms with E-state index in [1.165, 1.54) is 12.1 Å². The number of pyridine rings is 1. The first-order valence-corrected chi connectivity index (χ1v) is 6.04. The number of benzene rings is 2. The molecule has 0 atom stereocenters. The molecule has 3 nitrogen and oxygen atoms in total. The van der Waals surface area contributed by atoms with Crippen molar-refractivity contribution < 1.29 is 14.3 Å². The van der Waals surface area contributed by atoms with Crippen molar-refractivity contribution in [3.63, 3.8) is 0 Å². The summed E-state index contributed by atoms with van der Waals surface area (Å²) in [6, 6.07) is 13.4. The zero-order valence-corrected chi connectivity index (χ0v) is 10.4. The third kappa shape index (κ3) is 2.01. The van der Waals surface area contributed by atoms with Gasteiger partial charge in [-0.2, -0.15) is 0 Å². The Balaban J connectivity index is 2.20. The number of aromatic carboxylic acids is 1. The van der Waals surface area contributed by atoms with Crippen molar-refractivity contribution in [2.24, 2.45) is 0 Å². The monoisotopic (exact) mass is 267 g/mol. The van der Waals surface area contributed by atoms with Gasteiger partial charge in [0, 0.05) is 17.1 Å². The van der Waals surface area contributed by atoms with E-state index in [1.54, 1.807) is 24.4 Å². The van der Waals surface area contributed by atoms with Gasteiger partial charge in [-0.1, -0.05) is 30.3 Å². The van der Waals surface area contributed by atoms with Gasteiger partial charge in [0.25, 0.3) is 0 Å². The summed E-state index contributed by atoms with van der Waals surface area (Å²) in [5.74, 6) is -2.00. The summed E-state index contributed by atoms with van der Waals surface area (Å²) in [7, 11) is 0. The molecule has 0 saturated carbocycles. The number of aromatic nitrogens is 1. The number of carboxylic acid groups (broad SMARTS) is 1. The van der Waals surface area contributed by atoms with E-state index >= 15 is 0 Å². The van der Waals surface area contributed by atoms with Gasteiger partial charge in [0.05, 0.1) is 11.1 Å². The van der Waals surface area contributed by atoms with Crippen LogP contribution in [0, 0.1) is 5.82 Å². The van der Waals surface area contributed by atoms with Crippen LogP contribution < -0.4 is 0 Å². The lowest BCUT2D eigenvalue weighted by Crippen LogP contribution is -2.01. The quantitative estimate of drug-likeness (QED) is 0.769. The molecule has 1 heterocycles. The lowest BCUT2D eigenvalue weighted by Gasteiger charge is -2.07. The van der Waals surface area contributed by atoms with Gasteiger partial charge in [0.15, 0.2) is 0 Å². The Bertz CT molecular complexity index is 814. The SMILES string of the molecule is O=C(O)c1cccc(-c2ccc3cccnc3c2)c1F. The molecule has 0 aliphatic rings. The average Bonchev–Trinajstić information content (AvgIpc) is 2.46. The van der Waals surface area contributed by atoms with Crippen molar-refractivity contribution in [1.29, 1.82) is 0 Å². The van der Waals surface area contributed by atoms with Crippen molar-refractivity contribution in [3.05, 3.63) is 66.1 Å². The minimum Gasteiger partial charge on any atom is -0.478 e. The molecule has 20 heavy (non-hydrogen) atoms. The Kier molecular flexibility index (Phi) is 2.91. The van der Waals surface area contributed by atoms with Gasteiger partial charge in [-0.25, -0.2) is 9.18 Å². The molecular weight excluding hydrogens is 257 g/mol. The number of carbonyl (C=O) groups is 1. The third-order valence-corrected chi connectivity index (χ3v) is 3.15. The van der Waals surface area contributed by atoms with Crippen molar-refractivity contribution in [1.82, 2.24) is 4.98 Å². The first-order valence-electron chi connectivity index (χ1n) is 6.04. The standard InChI is InChI=1S/C16H10FNO2/c17-15-12(4-1-5-13(15)16(19)20)11-7-6-10-3-2-8-18-14(10)9-11/h1-9H,(H,19,20). The van der Waals surface area contributed by atoms with Crippen LogP contribution in [0.1, 0.15) is 10.4 Å². The van der Waals surface area contributed by atoms with Gasteiger partial charge in [0.1, 0.15) is 5.82 Å². The highest BCUT2D eigenvalue weighted by molar-refractivity contribution is 5.91. The van der Waals surface area contributed by atoms with Crippen LogP contribution in [-0.2, 0) is 0 Å². The first kappa shape index (κ1) is 12.3. The Hall–Kier alpha value is -2.75. The Morgan fingerprint density at radius 3 is 2.75 bits per heavy atom. The van der Waals surface area contributed by atoms with E-state index in [0.29, 0.717) is 5.56 Å². The fourth-order valence-electron chi connectivity index (χ4n) is 2.15. The van der Waals surface area contributed by atoms with Crippen LogP contribution in [0.2, 0.25) is 0 Å². The van der Waals surface area contributed by atoms with Crippen molar-refractivity contribution >= 4 is 16.9 Å². The molecule has 0 unspecified atom stereocenters. The summed E-state index contributed by atoms with van der Waals surface area (Å²) >= 11 is 0. The van der Waals surface area contributed by atoms with Gasteiger partial charge >= 0.3 is 5.97 Å². The molecule has 0 radical (unpaired) electrons. The largest absolute Gasteiger partial charge is 0.478 e. The van der Waals surface area contributed by atoms with Crippen LogP contribution in [-0.4, -0.2) is 16.1 Å². The molecule has 98 valence electrons. The number of hydrogen-bond acceptors (Lipinski definition) is 2. The molecule has 0 fully saturated rings. The summed E-state index contributed by atoms with van der Waals surface area (Å²) in [6.07, 6.45) is 1.66. The maximum atomic E-state index is 14.2. The first-order chi connectivity index (χ1) is 9.66. The van der Waals surface area contributed by atoms with Crippen LogP contribution in [0.5, 0.6) is 0 Å². The summed E-state index contributed by atoms with van der Waals surface area (Å²) in [6.45, 7) is 0. The van der Waals surface area contributed by atoms with Crippen molar-refractivity contribution in [3.8, 4) is 11.1 Å². The molecule has 1 N–H and O–H groups in total. The summed E-state index contributed by atoms with van der Waals surface area (Å²) in [5, 5.41) is 9.91. The Morgan fingerprint density at radius 2 is 1.95 bits per heavy atom. The van der Waals surface area contributed by atoms with E-state index in [2.05, 4.69) is 4.98 Å². The van der Waals surface area contributed by atoms with Crippen molar-refractivity contribution in [2.75, 3.05) is 0 Å². The molecule has 0 amide bonds. The van der Waals surface area contributed by atoms with E-state index in [9.17, 15) is 9.18 Å². The minimum atomic E-state index is -1.27. The smallest absolute Gasteiger partial charge is 0.338 e. The van der Waals surface area contributed by atoms with Crippen LogP contribution in [0.4, 0.5) is 4.39 Å². The Morgan fingerprint density at radius 1 is 1.10 bits per heavy atom. The van der Waals surface area contributed by atoms with Crippen LogP contribution in [0.15, 0.2) is 54.7 Å². The van der Waals surface area contributed by atoms with Gasteiger partial charge in [-0.05, 0) is 23.8 Å². The number of fused-ring (bicyclic) bond motifs is 1. The van der Waals surface area contributed by atoms with E-state index < -0.39 is 11.8 Å². The number of nitrogens with zero attached hydrogens (tertiary/aromatic N) is 1. The van der Waals surface area contributed by atoms with Gasteiger partial charge in [0.2, 0.25) is 0 Å². The second kappa shape index (κ2) is 4.74. The summed E-state index contributed by atoms with van der Waals surface area (Å²) in [5.41, 5.74) is 1.28. The highest BCUT2D eigenvalue weighted by Gasteiger charge is 2.15. The van der Waals surface area contributed by atoms with Gasteiger partial charge in [-0.15, -0.1) is 0 Å². The number of carboxylic acids is 1. The second-order valence-electron chi connectivity index (χ2n) is 4.38. The zero-order valence-electron chi connectivity index (χ0n) is 10.4. The number of halogens is 1. The fraction of sp³-hybridized carbons (Fsp3) is 0. The predicted octanol–water partition coefficient (Wildman–Crippen LogP) is 3.74. The van der Waals surface area contributed by atoms with E-state index in [-0.39, 0.29) is 11.1 Å². The van der Waals surface area contributed by atoms with Gasteiger partial charge in [-0.3, -0.25) is 4.98 Å². The minimum absolute atomic E-state index is 0.262. The predicted molar refractivity (Wildman–Crippen MR) is 74.1 cm³/mol. The van der Waals surface area contributed by atoms with Gasteiger partial charge < -0.3 is 5.11 Å². The maximum absolute atomic E-state index is 14.2. The molecule has 2 aromatic carbocycles. The second-order valence-corrected chi connectivity index (χ2v) is 4.38. The Labute approximate surface area is 114 Å². The highest BCUT2D eigenvalue weighted by atomic mass is 19.1. The molecule has 0 aliphatic carbocycles. The van der Waals surface area contributed by atoms with E-state index in [1.807, 2.05) is 18.2 Å². The topological polar surface area (TPSA) is 50.2 Å². The van der Waals surface area contributed by atoms with Crippen LogP contribution >= 0.6 is 0 Å². The molecular formula is C16H10FNO2. The molecule has 0 bridgehead atoms. The fourth-order valence-corrected chi connectivity index (χ4v) is 2.15. The lowest BCUT2D eigenvalue weighted by atomic mass is 10.0. The summed E-state index contributed by atoms with van der Waals surface area (Å²) < 4.78 is 14.2. The van der Waals surface area contributed by atoms with Crippen LogP contribution in [0.25, 0.3) is 22.0 Å². The third-order valence-electron chi connectivity index (χ3n) is 3.15. The van der Waals surface area contributed by atoms with E-state index in [0.717, 1.165) is 10.9 Å². The average molecular weight is 267 g/mol. The number of rotatable bonds is 2. The van der Waals surface area contributed by atoms with Crippen LogP contribution in [0.3, 0.4) is 0 Å². The molecule has 0 aliphatic heterocycles. The van der Waals surface area contributed by atoms with E-state index in [4.69, 9.17) is 5.11 Å². The molecule has 0 saturated heterocycles.